The van der Waals surface area contributed by atoms with Crippen LogP contribution in [0.15, 0.2) is 30.6 Å². The summed E-state index contributed by atoms with van der Waals surface area (Å²) in [5.41, 5.74) is 2.73. The van der Waals surface area contributed by atoms with E-state index in [9.17, 15) is 5.11 Å². The minimum absolute atomic E-state index is 0.0261. The lowest BCUT2D eigenvalue weighted by atomic mass is 9.98. The molecule has 0 saturated heterocycles. The van der Waals surface area contributed by atoms with Crippen molar-refractivity contribution in [1.82, 2.24) is 19.9 Å². The summed E-state index contributed by atoms with van der Waals surface area (Å²) < 4.78 is 11.6. The van der Waals surface area contributed by atoms with Gasteiger partial charge < -0.3 is 24.9 Å². The number of aromatic amines is 1. The first-order chi connectivity index (χ1) is 13.3. The number of anilines is 2. The van der Waals surface area contributed by atoms with Crippen LogP contribution in [0.4, 0.5) is 11.6 Å². The molecule has 0 radical (unpaired) electrons. The summed E-state index contributed by atoms with van der Waals surface area (Å²) in [5.74, 6) is 0.770. The monoisotopic (exact) mass is 369 g/mol. The van der Waals surface area contributed by atoms with E-state index in [4.69, 9.17) is 9.47 Å². The third-order valence-corrected chi connectivity index (χ3v) is 4.67. The summed E-state index contributed by atoms with van der Waals surface area (Å²) in [5, 5.41) is 12.4. The van der Waals surface area contributed by atoms with Gasteiger partial charge in [-0.05, 0) is 30.5 Å². The molecule has 4 rings (SSSR count). The van der Waals surface area contributed by atoms with Gasteiger partial charge in [-0.3, -0.25) is 0 Å². The van der Waals surface area contributed by atoms with Crippen LogP contribution >= 0.6 is 0 Å². The van der Waals surface area contributed by atoms with Crippen molar-refractivity contribution in [3.05, 3.63) is 36.2 Å². The number of hydrogen-bond acceptors (Lipinski definition) is 7. The van der Waals surface area contributed by atoms with E-state index in [-0.39, 0.29) is 19.5 Å². The van der Waals surface area contributed by atoms with E-state index < -0.39 is 0 Å². The fourth-order valence-corrected chi connectivity index (χ4v) is 3.26. The van der Waals surface area contributed by atoms with E-state index in [1.807, 2.05) is 24.3 Å². The van der Waals surface area contributed by atoms with Gasteiger partial charge in [-0.1, -0.05) is 31.4 Å². The lowest BCUT2D eigenvalue weighted by Gasteiger charge is -2.21. The Balaban J connectivity index is 1.48. The molecule has 1 fully saturated rings. The summed E-state index contributed by atoms with van der Waals surface area (Å²) >= 11 is 0. The van der Waals surface area contributed by atoms with Gasteiger partial charge in [0.15, 0.2) is 12.4 Å². The topological polar surface area (TPSA) is 105 Å². The third-order valence-electron chi connectivity index (χ3n) is 4.67. The number of benzene rings is 1. The Kier molecular flexibility index (Phi) is 5.45. The zero-order valence-corrected chi connectivity index (χ0v) is 15.0. The predicted octanol–water partition coefficient (Wildman–Crippen LogP) is 3.27. The fourth-order valence-electron chi connectivity index (χ4n) is 3.26. The molecular formula is C19H23N5O3. The molecule has 1 aromatic carbocycles. The Labute approximate surface area is 157 Å². The van der Waals surface area contributed by atoms with Crippen LogP contribution in [0, 0.1) is 0 Å². The van der Waals surface area contributed by atoms with Crippen LogP contribution in [0.2, 0.25) is 0 Å². The number of nitrogens with one attached hydrogen (secondary N) is 2. The largest absolute Gasteiger partial charge is 0.449 e. The van der Waals surface area contributed by atoms with Gasteiger partial charge in [0, 0.05) is 5.69 Å². The molecule has 0 aliphatic heterocycles. The van der Waals surface area contributed by atoms with Gasteiger partial charge in [-0.25, -0.2) is 4.98 Å². The van der Waals surface area contributed by atoms with Gasteiger partial charge in [-0.2, -0.15) is 9.97 Å². The number of rotatable bonds is 7. The number of H-pyrrole nitrogens is 1. The Hall–Kier alpha value is -2.71. The minimum Gasteiger partial charge on any atom is -0.449 e. The first-order valence-corrected chi connectivity index (χ1v) is 9.24. The van der Waals surface area contributed by atoms with Gasteiger partial charge in [0.05, 0.1) is 19.0 Å². The van der Waals surface area contributed by atoms with Crippen molar-refractivity contribution >= 4 is 22.8 Å². The van der Waals surface area contributed by atoms with Gasteiger partial charge in [-0.15, -0.1) is 0 Å². The van der Waals surface area contributed by atoms with E-state index in [1.165, 1.54) is 19.3 Å². The van der Waals surface area contributed by atoms with Crippen LogP contribution in [0.25, 0.3) is 11.2 Å². The molecule has 8 heteroatoms. The smallest absolute Gasteiger partial charge is 0.247 e. The number of aliphatic hydroxyl groups is 1. The Morgan fingerprint density at radius 1 is 1.19 bits per heavy atom. The summed E-state index contributed by atoms with van der Waals surface area (Å²) in [6.45, 7) is 0.122. The molecule has 0 atom stereocenters. The average Bonchev–Trinajstić information content (AvgIpc) is 3.18. The van der Waals surface area contributed by atoms with Crippen molar-refractivity contribution in [1.29, 1.82) is 0 Å². The summed E-state index contributed by atoms with van der Waals surface area (Å²) in [6.07, 6.45) is 7.70. The predicted molar refractivity (Wildman–Crippen MR) is 101 cm³/mol. The number of aliphatic hydroxyl groups excluding tert-OH is 1. The van der Waals surface area contributed by atoms with Gasteiger partial charge in [0.1, 0.15) is 5.52 Å². The second-order valence-electron chi connectivity index (χ2n) is 6.63. The molecule has 0 bridgehead atoms. The minimum atomic E-state index is -0.0261. The van der Waals surface area contributed by atoms with Crippen LogP contribution in [0.3, 0.4) is 0 Å². The van der Waals surface area contributed by atoms with Crippen LogP contribution in [-0.4, -0.2) is 37.9 Å². The molecule has 1 aliphatic rings. The average molecular weight is 369 g/mol. The van der Waals surface area contributed by atoms with Crippen LogP contribution in [0.5, 0.6) is 5.88 Å². The number of nitrogens with zero attached hydrogens (tertiary/aromatic N) is 3. The van der Waals surface area contributed by atoms with Gasteiger partial charge >= 0.3 is 0 Å². The highest BCUT2D eigenvalue weighted by Crippen LogP contribution is 2.24. The first-order valence-electron chi connectivity index (χ1n) is 9.24. The Morgan fingerprint density at radius 2 is 2.07 bits per heavy atom. The highest BCUT2D eigenvalue weighted by atomic mass is 16.7. The maximum Gasteiger partial charge on any atom is 0.247 e. The Morgan fingerprint density at radius 3 is 2.93 bits per heavy atom. The van der Waals surface area contributed by atoms with Crippen LogP contribution < -0.4 is 10.1 Å². The van der Waals surface area contributed by atoms with E-state index >= 15 is 0 Å². The zero-order valence-electron chi connectivity index (χ0n) is 15.0. The number of fused-ring (bicyclic) bond motifs is 1. The number of ether oxygens (including phenoxy) is 2. The van der Waals surface area contributed by atoms with Gasteiger partial charge in [0.2, 0.25) is 11.8 Å². The second-order valence-corrected chi connectivity index (χ2v) is 6.63. The molecule has 3 N–H and O–H groups in total. The molecule has 8 nitrogen and oxygen atoms in total. The zero-order chi connectivity index (χ0) is 18.5. The van der Waals surface area contributed by atoms with Crippen molar-refractivity contribution in [3.63, 3.8) is 0 Å². The van der Waals surface area contributed by atoms with Crippen molar-refractivity contribution < 1.29 is 14.6 Å². The van der Waals surface area contributed by atoms with Crippen molar-refractivity contribution in [2.45, 2.75) is 44.8 Å². The number of hydrogen-bond donors (Lipinski definition) is 3. The SMILES string of the molecule is OCc1cccc(Nc2nc(OCOC3CCCCC3)c3[nH]cnc3n2)c1. The molecule has 3 aromatic rings. The Bertz CT molecular complexity index is 892. The van der Waals surface area contributed by atoms with Gasteiger partial charge in [0.25, 0.3) is 0 Å². The van der Waals surface area contributed by atoms with Crippen molar-refractivity contribution in [2.75, 3.05) is 12.1 Å². The van der Waals surface area contributed by atoms with E-state index in [0.717, 1.165) is 24.1 Å². The molecule has 0 spiro atoms. The molecule has 27 heavy (non-hydrogen) atoms. The highest BCUT2D eigenvalue weighted by molar-refractivity contribution is 5.77. The molecular weight excluding hydrogens is 346 g/mol. The second kappa shape index (κ2) is 8.32. The lowest BCUT2D eigenvalue weighted by Crippen LogP contribution is -2.19. The lowest BCUT2D eigenvalue weighted by molar-refractivity contribution is -0.0507. The number of aromatic nitrogens is 4. The first kappa shape index (κ1) is 17.7. The maximum absolute atomic E-state index is 9.28. The van der Waals surface area contributed by atoms with Crippen LogP contribution in [0.1, 0.15) is 37.7 Å². The molecule has 2 heterocycles. The highest BCUT2D eigenvalue weighted by Gasteiger charge is 2.16. The normalized spacial score (nSPS) is 15.1. The molecule has 1 saturated carbocycles. The van der Waals surface area contributed by atoms with Crippen molar-refractivity contribution in [2.24, 2.45) is 0 Å². The van der Waals surface area contributed by atoms with Crippen molar-refractivity contribution in [3.8, 4) is 5.88 Å². The quantitative estimate of drug-likeness (QED) is 0.549. The molecule has 1 aliphatic carbocycles. The van der Waals surface area contributed by atoms with Crippen LogP contribution in [-0.2, 0) is 11.3 Å². The summed E-state index contributed by atoms with van der Waals surface area (Å²) in [6, 6.07) is 7.42. The van der Waals surface area contributed by atoms with E-state index in [1.54, 1.807) is 6.33 Å². The third kappa shape index (κ3) is 4.35. The van der Waals surface area contributed by atoms with E-state index in [2.05, 4.69) is 25.3 Å². The molecule has 0 amide bonds. The standard InChI is InChI=1S/C19H23N5O3/c25-10-13-5-4-6-14(9-13)22-19-23-17-16(20-11-21-17)18(24-19)27-12-26-15-7-2-1-3-8-15/h4-6,9,11,15,25H,1-3,7-8,10,12H2,(H2,20,21,22,23,24). The molecule has 0 unspecified atom stereocenters. The van der Waals surface area contributed by atoms with E-state index in [0.29, 0.717) is 23.0 Å². The molecule has 2 aromatic heterocycles. The number of imidazole rings is 1. The summed E-state index contributed by atoms with van der Waals surface area (Å²) in [7, 11) is 0. The summed E-state index contributed by atoms with van der Waals surface area (Å²) in [4.78, 5) is 16.1. The maximum atomic E-state index is 9.28. The fraction of sp³-hybridized carbons (Fsp3) is 0.421. The molecule has 142 valence electrons.